The Labute approximate surface area is 159 Å². The molecule has 1 fully saturated rings. The van der Waals surface area contributed by atoms with Crippen molar-refractivity contribution < 1.29 is 14.3 Å². The van der Waals surface area contributed by atoms with Crippen LogP contribution in [0.25, 0.3) is 0 Å². The van der Waals surface area contributed by atoms with E-state index in [4.69, 9.17) is 9.47 Å². The molecule has 27 heavy (non-hydrogen) atoms. The number of aromatic nitrogens is 3. The van der Waals surface area contributed by atoms with Crippen molar-refractivity contribution in [2.45, 2.75) is 33.0 Å². The zero-order valence-corrected chi connectivity index (χ0v) is 15.9. The van der Waals surface area contributed by atoms with Gasteiger partial charge in [0.1, 0.15) is 17.9 Å². The maximum atomic E-state index is 12.1. The van der Waals surface area contributed by atoms with Gasteiger partial charge in [-0.25, -0.2) is 9.67 Å². The molecule has 1 saturated heterocycles. The Morgan fingerprint density at radius 3 is 2.74 bits per heavy atom. The van der Waals surface area contributed by atoms with Gasteiger partial charge in [0.15, 0.2) is 6.61 Å². The van der Waals surface area contributed by atoms with Gasteiger partial charge in [-0.05, 0) is 31.5 Å². The van der Waals surface area contributed by atoms with Crippen molar-refractivity contribution in [3.05, 3.63) is 42.0 Å². The predicted octanol–water partition coefficient (Wildman–Crippen LogP) is 1.39. The molecule has 0 spiro atoms. The highest BCUT2D eigenvalue weighted by atomic mass is 16.5. The van der Waals surface area contributed by atoms with Crippen LogP contribution in [0.5, 0.6) is 5.75 Å². The molecule has 1 N–H and O–H groups in total. The molecule has 0 radical (unpaired) electrons. The summed E-state index contributed by atoms with van der Waals surface area (Å²) in [6.45, 7) is 8.16. The van der Waals surface area contributed by atoms with Crippen LogP contribution in [-0.2, 0) is 22.6 Å². The first-order valence-electron chi connectivity index (χ1n) is 9.35. The SMILES string of the molecule is CCn1ncnc1C(C)NCc1ccc(OCC(=O)N2CCOCC2)cc1. The lowest BCUT2D eigenvalue weighted by atomic mass is 10.2. The van der Waals surface area contributed by atoms with E-state index in [-0.39, 0.29) is 18.6 Å². The third-order valence-electron chi connectivity index (χ3n) is 4.59. The van der Waals surface area contributed by atoms with Gasteiger partial charge in [0.2, 0.25) is 0 Å². The summed E-state index contributed by atoms with van der Waals surface area (Å²) in [5, 5.41) is 7.65. The number of amides is 1. The lowest BCUT2D eigenvalue weighted by Gasteiger charge is -2.26. The monoisotopic (exact) mass is 373 g/mol. The molecule has 146 valence electrons. The molecule has 0 aliphatic carbocycles. The molecular formula is C19H27N5O3. The van der Waals surface area contributed by atoms with E-state index in [1.807, 2.05) is 35.9 Å². The number of hydrogen-bond donors (Lipinski definition) is 1. The van der Waals surface area contributed by atoms with E-state index < -0.39 is 0 Å². The number of nitrogens with one attached hydrogen (secondary N) is 1. The first-order chi connectivity index (χ1) is 13.2. The summed E-state index contributed by atoms with van der Waals surface area (Å²) in [5.41, 5.74) is 1.14. The number of benzene rings is 1. The molecule has 0 saturated carbocycles. The van der Waals surface area contributed by atoms with E-state index >= 15 is 0 Å². The molecule has 2 heterocycles. The predicted molar refractivity (Wildman–Crippen MR) is 100 cm³/mol. The molecule has 2 aromatic rings. The minimum absolute atomic E-state index is 0.00194. The Morgan fingerprint density at radius 2 is 2.04 bits per heavy atom. The number of carbonyl (C=O) groups is 1. The normalized spacial score (nSPS) is 15.6. The summed E-state index contributed by atoms with van der Waals surface area (Å²) in [7, 11) is 0. The van der Waals surface area contributed by atoms with E-state index in [1.54, 1.807) is 11.2 Å². The third-order valence-corrected chi connectivity index (χ3v) is 4.59. The van der Waals surface area contributed by atoms with Crippen LogP contribution in [0.15, 0.2) is 30.6 Å². The number of carbonyl (C=O) groups excluding carboxylic acids is 1. The standard InChI is InChI=1S/C19H27N5O3/c1-3-24-19(21-14-22-24)15(2)20-12-16-4-6-17(7-5-16)27-13-18(25)23-8-10-26-11-9-23/h4-7,14-15,20H,3,8-13H2,1-2H3. The average Bonchev–Trinajstić information content (AvgIpc) is 3.20. The summed E-state index contributed by atoms with van der Waals surface area (Å²) >= 11 is 0. The Hall–Kier alpha value is -2.45. The summed E-state index contributed by atoms with van der Waals surface area (Å²) in [6, 6.07) is 7.89. The Morgan fingerprint density at radius 1 is 1.30 bits per heavy atom. The zero-order valence-electron chi connectivity index (χ0n) is 15.9. The maximum absolute atomic E-state index is 12.1. The quantitative estimate of drug-likeness (QED) is 0.753. The molecule has 1 aliphatic rings. The highest BCUT2D eigenvalue weighted by Gasteiger charge is 2.17. The molecule has 8 nitrogen and oxygen atoms in total. The fourth-order valence-corrected chi connectivity index (χ4v) is 2.97. The lowest BCUT2D eigenvalue weighted by molar-refractivity contribution is -0.137. The Kier molecular flexibility index (Phi) is 6.78. The molecule has 1 unspecified atom stereocenters. The highest BCUT2D eigenvalue weighted by molar-refractivity contribution is 5.77. The van der Waals surface area contributed by atoms with Crippen molar-refractivity contribution in [2.75, 3.05) is 32.9 Å². The largest absolute Gasteiger partial charge is 0.484 e. The van der Waals surface area contributed by atoms with Gasteiger partial charge in [0.05, 0.1) is 19.3 Å². The number of morpholine rings is 1. The molecule has 1 aromatic heterocycles. The van der Waals surface area contributed by atoms with Crippen LogP contribution < -0.4 is 10.1 Å². The van der Waals surface area contributed by atoms with Crippen LogP contribution in [0.3, 0.4) is 0 Å². The van der Waals surface area contributed by atoms with Crippen LogP contribution >= 0.6 is 0 Å². The van der Waals surface area contributed by atoms with Crippen LogP contribution in [0.4, 0.5) is 0 Å². The highest BCUT2D eigenvalue weighted by Crippen LogP contribution is 2.14. The van der Waals surface area contributed by atoms with Gasteiger partial charge >= 0.3 is 0 Å². The number of nitrogens with zero attached hydrogens (tertiary/aromatic N) is 4. The van der Waals surface area contributed by atoms with Gasteiger partial charge in [0, 0.05) is 26.2 Å². The van der Waals surface area contributed by atoms with Crippen LogP contribution in [0.2, 0.25) is 0 Å². The van der Waals surface area contributed by atoms with Crippen LogP contribution in [0, 0.1) is 0 Å². The molecule has 1 aromatic carbocycles. The van der Waals surface area contributed by atoms with E-state index in [1.165, 1.54) is 0 Å². The molecule has 1 amide bonds. The van der Waals surface area contributed by atoms with Crippen LogP contribution in [-0.4, -0.2) is 58.5 Å². The van der Waals surface area contributed by atoms with Crippen molar-refractivity contribution in [2.24, 2.45) is 0 Å². The summed E-state index contributed by atoms with van der Waals surface area (Å²) in [6.07, 6.45) is 1.58. The molecular weight excluding hydrogens is 346 g/mol. The Bertz CT molecular complexity index is 725. The first-order valence-corrected chi connectivity index (χ1v) is 9.35. The fourth-order valence-electron chi connectivity index (χ4n) is 2.97. The van der Waals surface area contributed by atoms with Crippen molar-refractivity contribution in [3.8, 4) is 5.75 Å². The van der Waals surface area contributed by atoms with Gasteiger partial charge < -0.3 is 19.7 Å². The van der Waals surface area contributed by atoms with Gasteiger partial charge in [-0.3, -0.25) is 4.79 Å². The van der Waals surface area contributed by atoms with E-state index in [9.17, 15) is 4.79 Å². The minimum Gasteiger partial charge on any atom is -0.484 e. The molecule has 3 rings (SSSR count). The topological polar surface area (TPSA) is 81.5 Å². The van der Waals surface area contributed by atoms with E-state index in [0.29, 0.717) is 38.6 Å². The molecule has 1 aliphatic heterocycles. The first kappa shape index (κ1) is 19.3. The zero-order chi connectivity index (χ0) is 19.1. The van der Waals surface area contributed by atoms with Gasteiger partial charge in [-0.2, -0.15) is 5.10 Å². The smallest absolute Gasteiger partial charge is 0.260 e. The maximum Gasteiger partial charge on any atom is 0.260 e. The second-order valence-corrected chi connectivity index (χ2v) is 6.46. The number of aryl methyl sites for hydroxylation is 1. The van der Waals surface area contributed by atoms with Crippen molar-refractivity contribution in [3.63, 3.8) is 0 Å². The molecule has 0 bridgehead atoms. The van der Waals surface area contributed by atoms with E-state index in [2.05, 4.69) is 22.3 Å². The summed E-state index contributed by atoms with van der Waals surface area (Å²) < 4.78 is 12.8. The second kappa shape index (κ2) is 9.48. The number of rotatable bonds is 8. The third kappa shape index (κ3) is 5.27. The van der Waals surface area contributed by atoms with Crippen molar-refractivity contribution >= 4 is 5.91 Å². The summed E-state index contributed by atoms with van der Waals surface area (Å²) in [4.78, 5) is 18.2. The lowest BCUT2D eigenvalue weighted by Crippen LogP contribution is -2.42. The van der Waals surface area contributed by atoms with E-state index in [0.717, 1.165) is 17.9 Å². The second-order valence-electron chi connectivity index (χ2n) is 6.46. The number of ether oxygens (including phenoxy) is 2. The molecule has 1 atom stereocenters. The van der Waals surface area contributed by atoms with Crippen LogP contribution in [0.1, 0.15) is 31.3 Å². The van der Waals surface area contributed by atoms with Gasteiger partial charge in [0.25, 0.3) is 5.91 Å². The summed E-state index contributed by atoms with van der Waals surface area (Å²) in [5.74, 6) is 1.62. The fraction of sp³-hybridized carbons (Fsp3) is 0.526. The van der Waals surface area contributed by atoms with Crippen molar-refractivity contribution in [1.29, 1.82) is 0 Å². The molecule has 8 heteroatoms. The average molecular weight is 373 g/mol. The number of hydrogen-bond acceptors (Lipinski definition) is 6. The van der Waals surface area contributed by atoms with Gasteiger partial charge in [-0.15, -0.1) is 0 Å². The van der Waals surface area contributed by atoms with Gasteiger partial charge in [-0.1, -0.05) is 12.1 Å². The Balaban J connectivity index is 1.45. The van der Waals surface area contributed by atoms with Crippen molar-refractivity contribution in [1.82, 2.24) is 25.0 Å². The minimum atomic E-state index is -0.00194.